The Balaban J connectivity index is 1.82. The molecular weight excluding hydrogens is 292 g/mol. The molecule has 0 aromatic heterocycles. The van der Waals surface area contributed by atoms with E-state index in [2.05, 4.69) is 5.43 Å². The molecule has 0 saturated carbocycles. The van der Waals surface area contributed by atoms with Gasteiger partial charge in [-0.2, -0.15) is 0 Å². The molecule has 0 saturated heterocycles. The molecule has 0 radical (unpaired) electrons. The number of ether oxygens (including phenoxy) is 1. The normalized spacial score (nSPS) is 12.8. The topological polar surface area (TPSA) is 58.4 Å². The number of hydrazine groups is 1. The molecule has 0 bridgehead atoms. The van der Waals surface area contributed by atoms with Crippen molar-refractivity contribution in [2.75, 3.05) is 13.7 Å². The monoisotopic (exact) mass is 309 g/mol. The van der Waals surface area contributed by atoms with Gasteiger partial charge < -0.3 is 4.74 Å². The van der Waals surface area contributed by atoms with Crippen LogP contribution in [-0.2, 0) is 11.2 Å². The van der Waals surface area contributed by atoms with Crippen LogP contribution in [0.1, 0.15) is 31.8 Å². The average Bonchev–Trinajstić information content (AvgIpc) is 2.61. The third kappa shape index (κ3) is 3.29. The second-order valence-electron chi connectivity index (χ2n) is 5.28. The van der Waals surface area contributed by atoms with Crippen LogP contribution >= 0.6 is 0 Å². The summed E-state index contributed by atoms with van der Waals surface area (Å²) in [6.45, 7) is 0.684. The molecule has 5 heteroatoms. The van der Waals surface area contributed by atoms with Gasteiger partial charge in [0.15, 0.2) is 6.54 Å². The number of esters is 1. The molecule has 1 amide bonds. The highest BCUT2D eigenvalue weighted by Crippen LogP contribution is 2.15. The first-order chi connectivity index (χ1) is 11.2. The summed E-state index contributed by atoms with van der Waals surface area (Å²) in [5, 5.41) is 0. The minimum absolute atomic E-state index is 0.158. The molecule has 1 aliphatic heterocycles. The quantitative estimate of drug-likeness (QED) is 0.695. The molecule has 23 heavy (non-hydrogen) atoms. The van der Waals surface area contributed by atoms with Gasteiger partial charge in [-0.15, -0.1) is 10.1 Å². The maximum atomic E-state index is 12.2. The first kappa shape index (κ1) is 15.0. The van der Waals surface area contributed by atoms with E-state index >= 15 is 0 Å². The van der Waals surface area contributed by atoms with Gasteiger partial charge in [-0.05, 0) is 29.8 Å². The lowest BCUT2D eigenvalue weighted by Crippen LogP contribution is -2.39. The summed E-state index contributed by atoms with van der Waals surface area (Å²) >= 11 is 0. The fraction of sp³-hybridized carbons (Fsp3) is 0.167. The van der Waals surface area contributed by atoms with Crippen LogP contribution in [0.15, 0.2) is 48.5 Å². The second kappa shape index (κ2) is 6.44. The summed E-state index contributed by atoms with van der Waals surface area (Å²) in [5.41, 5.74) is 6.02. The predicted molar refractivity (Wildman–Crippen MR) is 85.7 cm³/mol. The molecule has 2 aromatic carbocycles. The number of nitrogens with one attached hydrogen (secondary N) is 1. The average molecular weight is 309 g/mol. The number of fused-ring (bicyclic) bond motifs is 1. The maximum absolute atomic E-state index is 12.2. The SMILES string of the molecule is COC(=O)c1ccc2c(c1)C=[N+](NC(=O)c1ccccc1)CC2. The molecule has 0 unspecified atom stereocenters. The van der Waals surface area contributed by atoms with Gasteiger partial charge in [0.2, 0.25) is 6.21 Å². The Kier molecular flexibility index (Phi) is 4.19. The lowest BCUT2D eigenvalue weighted by atomic mass is 10.00. The zero-order chi connectivity index (χ0) is 16.2. The number of hydrogen-bond acceptors (Lipinski definition) is 3. The van der Waals surface area contributed by atoms with Gasteiger partial charge in [-0.1, -0.05) is 24.3 Å². The predicted octanol–water partition coefficient (Wildman–Crippen LogP) is 1.81. The minimum atomic E-state index is -0.369. The van der Waals surface area contributed by atoms with E-state index in [1.807, 2.05) is 30.5 Å². The van der Waals surface area contributed by atoms with Crippen LogP contribution in [0.5, 0.6) is 0 Å². The fourth-order valence-corrected chi connectivity index (χ4v) is 2.53. The van der Waals surface area contributed by atoms with Crippen molar-refractivity contribution >= 4 is 18.1 Å². The van der Waals surface area contributed by atoms with Crippen molar-refractivity contribution in [3.05, 3.63) is 70.8 Å². The van der Waals surface area contributed by atoms with E-state index in [4.69, 9.17) is 4.74 Å². The van der Waals surface area contributed by atoms with Gasteiger partial charge in [0.05, 0.1) is 12.7 Å². The number of amides is 1. The van der Waals surface area contributed by atoms with Crippen molar-refractivity contribution in [1.82, 2.24) is 5.43 Å². The van der Waals surface area contributed by atoms with E-state index in [1.165, 1.54) is 7.11 Å². The highest BCUT2D eigenvalue weighted by molar-refractivity contribution is 5.94. The van der Waals surface area contributed by atoms with Crippen LogP contribution in [-0.4, -0.2) is 36.4 Å². The van der Waals surface area contributed by atoms with E-state index < -0.39 is 0 Å². The molecule has 5 nitrogen and oxygen atoms in total. The smallest absolute Gasteiger partial charge is 0.337 e. The first-order valence-electron chi connectivity index (χ1n) is 7.36. The Labute approximate surface area is 134 Å². The summed E-state index contributed by atoms with van der Waals surface area (Å²) in [4.78, 5) is 23.8. The summed E-state index contributed by atoms with van der Waals surface area (Å²) in [5.74, 6) is -0.527. The molecule has 1 heterocycles. The Morgan fingerprint density at radius 2 is 1.87 bits per heavy atom. The van der Waals surface area contributed by atoms with Crippen molar-refractivity contribution in [1.29, 1.82) is 0 Å². The molecule has 2 aromatic rings. The lowest BCUT2D eigenvalue weighted by molar-refractivity contribution is -0.568. The minimum Gasteiger partial charge on any atom is -0.465 e. The molecular formula is C18H17N2O3+. The summed E-state index contributed by atoms with van der Waals surface area (Å²) in [6, 6.07) is 14.5. The Morgan fingerprint density at radius 1 is 1.09 bits per heavy atom. The molecule has 116 valence electrons. The number of carbonyl (C=O) groups excluding carboxylic acids is 2. The Bertz CT molecular complexity index is 782. The number of benzene rings is 2. The lowest BCUT2D eigenvalue weighted by Gasteiger charge is -2.13. The van der Waals surface area contributed by atoms with E-state index in [9.17, 15) is 9.59 Å². The van der Waals surface area contributed by atoms with Gasteiger partial charge in [0, 0.05) is 17.5 Å². The largest absolute Gasteiger partial charge is 0.465 e. The zero-order valence-electron chi connectivity index (χ0n) is 12.8. The third-order valence-corrected chi connectivity index (χ3v) is 3.77. The van der Waals surface area contributed by atoms with Crippen LogP contribution in [0.25, 0.3) is 0 Å². The number of hydrazone groups is 1. The van der Waals surface area contributed by atoms with Gasteiger partial charge in [0.25, 0.3) is 0 Å². The second-order valence-corrected chi connectivity index (χ2v) is 5.28. The number of carbonyl (C=O) groups is 2. The molecule has 3 rings (SSSR count). The van der Waals surface area contributed by atoms with E-state index in [0.717, 1.165) is 17.5 Å². The standard InChI is InChI=1S/C18H16N2O3/c1-23-18(22)15-8-7-13-9-10-20(12-16(13)11-15)19-17(21)14-5-3-2-4-6-14/h2-8,11-12H,9-10H2,1H3/p+1. The zero-order valence-corrected chi connectivity index (χ0v) is 12.8. The summed E-state index contributed by atoms with van der Waals surface area (Å²) in [7, 11) is 1.36. The number of methoxy groups -OCH3 is 1. The van der Waals surface area contributed by atoms with Gasteiger partial charge in [0.1, 0.15) is 0 Å². The maximum Gasteiger partial charge on any atom is 0.337 e. The van der Waals surface area contributed by atoms with Crippen molar-refractivity contribution in [3.8, 4) is 0 Å². The Hall–Kier alpha value is -2.95. The number of rotatable bonds is 3. The van der Waals surface area contributed by atoms with E-state index in [1.54, 1.807) is 28.9 Å². The highest BCUT2D eigenvalue weighted by Gasteiger charge is 2.20. The van der Waals surface area contributed by atoms with Gasteiger partial charge >= 0.3 is 11.9 Å². The van der Waals surface area contributed by atoms with E-state index in [0.29, 0.717) is 17.7 Å². The van der Waals surface area contributed by atoms with Crippen molar-refractivity contribution in [3.63, 3.8) is 0 Å². The van der Waals surface area contributed by atoms with Crippen LogP contribution in [0.4, 0.5) is 0 Å². The van der Waals surface area contributed by atoms with Gasteiger partial charge in [-0.3, -0.25) is 4.79 Å². The molecule has 0 spiro atoms. The molecule has 0 aliphatic carbocycles. The van der Waals surface area contributed by atoms with Crippen LogP contribution in [0.3, 0.4) is 0 Å². The fourth-order valence-electron chi connectivity index (χ4n) is 2.53. The first-order valence-corrected chi connectivity index (χ1v) is 7.36. The third-order valence-electron chi connectivity index (χ3n) is 3.77. The van der Waals surface area contributed by atoms with Crippen molar-refractivity contribution in [2.24, 2.45) is 0 Å². The summed E-state index contributed by atoms with van der Waals surface area (Å²) < 4.78 is 6.49. The summed E-state index contributed by atoms with van der Waals surface area (Å²) in [6.07, 6.45) is 2.63. The molecule has 0 atom stereocenters. The molecule has 0 fully saturated rings. The number of hydrogen-bond donors (Lipinski definition) is 1. The van der Waals surface area contributed by atoms with Gasteiger partial charge in [-0.25, -0.2) is 4.79 Å². The Morgan fingerprint density at radius 3 is 2.61 bits per heavy atom. The molecule has 1 N–H and O–H groups in total. The van der Waals surface area contributed by atoms with Crippen molar-refractivity contribution < 1.29 is 19.0 Å². The number of nitrogens with zero attached hydrogens (tertiary/aromatic N) is 1. The van der Waals surface area contributed by atoms with E-state index in [-0.39, 0.29) is 11.9 Å². The van der Waals surface area contributed by atoms with Crippen molar-refractivity contribution in [2.45, 2.75) is 6.42 Å². The van der Waals surface area contributed by atoms with Crippen LogP contribution in [0, 0.1) is 0 Å². The molecule has 1 aliphatic rings. The van der Waals surface area contributed by atoms with Crippen LogP contribution in [0.2, 0.25) is 0 Å². The van der Waals surface area contributed by atoms with Crippen LogP contribution < -0.4 is 5.43 Å². The highest BCUT2D eigenvalue weighted by atomic mass is 16.5.